The number of rotatable bonds is 2. The lowest BCUT2D eigenvalue weighted by molar-refractivity contribution is -0.137. The second-order valence-corrected chi connectivity index (χ2v) is 6.74. The highest BCUT2D eigenvalue weighted by molar-refractivity contribution is 5.83. The van der Waals surface area contributed by atoms with Crippen molar-refractivity contribution in [1.29, 1.82) is 0 Å². The monoisotopic (exact) mass is 295 g/mol. The van der Waals surface area contributed by atoms with Crippen LogP contribution in [0.25, 0.3) is 0 Å². The van der Waals surface area contributed by atoms with Crippen molar-refractivity contribution in [3.8, 4) is 0 Å². The van der Waals surface area contributed by atoms with Crippen molar-refractivity contribution < 1.29 is 19.1 Å². The highest BCUT2D eigenvalue weighted by Gasteiger charge is 2.43. The lowest BCUT2D eigenvalue weighted by atomic mass is 9.97. The first-order chi connectivity index (χ1) is 9.80. The minimum Gasteiger partial charge on any atom is -0.463 e. The summed E-state index contributed by atoms with van der Waals surface area (Å²) in [6, 6.07) is 0.304. The van der Waals surface area contributed by atoms with E-state index in [1.165, 1.54) is 0 Å². The molecule has 0 aromatic carbocycles. The third-order valence-electron chi connectivity index (χ3n) is 3.83. The molecular weight excluding hydrogens is 270 g/mol. The molecule has 2 atom stereocenters. The summed E-state index contributed by atoms with van der Waals surface area (Å²) in [5.41, 5.74) is 0.609. The number of piperidine rings is 1. The summed E-state index contributed by atoms with van der Waals surface area (Å²) < 4.78 is 10.4. The molecule has 0 radical (unpaired) electrons. The van der Waals surface area contributed by atoms with E-state index in [0.29, 0.717) is 6.61 Å². The molecule has 1 amide bonds. The van der Waals surface area contributed by atoms with E-state index >= 15 is 0 Å². The Labute approximate surface area is 126 Å². The Hall–Kier alpha value is -1.52. The Morgan fingerprint density at radius 3 is 2.29 bits per heavy atom. The summed E-state index contributed by atoms with van der Waals surface area (Å²) in [6.45, 7) is 7.82. The van der Waals surface area contributed by atoms with Gasteiger partial charge in [0, 0.05) is 18.2 Å². The van der Waals surface area contributed by atoms with Crippen LogP contribution in [0.2, 0.25) is 0 Å². The van der Waals surface area contributed by atoms with Crippen LogP contribution in [0.4, 0.5) is 4.79 Å². The normalized spacial score (nSPS) is 26.9. The van der Waals surface area contributed by atoms with E-state index in [9.17, 15) is 9.59 Å². The Bertz CT molecular complexity index is 434. The Kier molecular flexibility index (Phi) is 4.59. The molecule has 0 saturated carbocycles. The fraction of sp³-hybridized carbons (Fsp3) is 0.750. The van der Waals surface area contributed by atoms with Crippen molar-refractivity contribution in [2.24, 2.45) is 0 Å². The number of amides is 1. The summed E-state index contributed by atoms with van der Waals surface area (Å²) in [4.78, 5) is 25.7. The van der Waals surface area contributed by atoms with Gasteiger partial charge in [0.1, 0.15) is 5.60 Å². The van der Waals surface area contributed by atoms with Crippen molar-refractivity contribution >= 4 is 12.1 Å². The summed E-state index contributed by atoms with van der Waals surface area (Å²) in [7, 11) is 0. The molecule has 0 aromatic heterocycles. The van der Waals surface area contributed by atoms with E-state index in [-0.39, 0.29) is 24.1 Å². The van der Waals surface area contributed by atoms with Crippen LogP contribution in [0.15, 0.2) is 11.6 Å². The van der Waals surface area contributed by atoms with E-state index in [2.05, 4.69) is 0 Å². The van der Waals surface area contributed by atoms with Gasteiger partial charge < -0.3 is 14.4 Å². The number of ether oxygens (including phenoxy) is 2. The number of hydrogen-bond acceptors (Lipinski definition) is 4. The molecule has 0 spiro atoms. The number of carbonyl (C=O) groups is 2. The number of fused-ring (bicyclic) bond motifs is 2. The van der Waals surface area contributed by atoms with Crippen molar-refractivity contribution in [2.75, 3.05) is 6.61 Å². The average Bonchev–Trinajstić information content (AvgIpc) is 2.60. The van der Waals surface area contributed by atoms with E-state index in [0.717, 1.165) is 31.3 Å². The van der Waals surface area contributed by atoms with Crippen LogP contribution < -0.4 is 0 Å². The van der Waals surface area contributed by atoms with Crippen LogP contribution in [-0.2, 0) is 14.3 Å². The molecule has 2 rings (SSSR count). The van der Waals surface area contributed by atoms with Crippen LogP contribution in [0, 0.1) is 0 Å². The Morgan fingerprint density at radius 1 is 1.24 bits per heavy atom. The quantitative estimate of drug-likeness (QED) is 0.580. The molecule has 2 aliphatic heterocycles. The van der Waals surface area contributed by atoms with Crippen LogP contribution in [-0.4, -0.2) is 41.3 Å². The summed E-state index contributed by atoms with van der Waals surface area (Å²) in [5, 5.41) is 0. The molecule has 2 heterocycles. The van der Waals surface area contributed by atoms with Gasteiger partial charge in [-0.1, -0.05) is 5.57 Å². The van der Waals surface area contributed by atoms with Gasteiger partial charge in [-0.05, 0) is 53.4 Å². The van der Waals surface area contributed by atoms with E-state index < -0.39 is 5.60 Å². The van der Waals surface area contributed by atoms with Gasteiger partial charge in [0.25, 0.3) is 0 Å². The minimum atomic E-state index is -0.475. The maximum Gasteiger partial charge on any atom is 0.410 e. The number of carbonyl (C=O) groups excluding carboxylic acids is 2. The fourth-order valence-corrected chi connectivity index (χ4v) is 3.13. The van der Waals surface area contributed by atoms with Gasteiger partial charge in [0.15, 0.2) is 0 Å². The summed E-state index contributed by atoms with van der Waals surface area (Å²) in [5.74, 6) is -0.280. The summed E-state index contributed by atoms with van der Waals surface area (Å²) >= 11 is 0. The topological polar surface area (TPSA) is 55.8 Å². The molecule has 0 N–H and O–H groups in total. The summed E-state index contributed by atoms with van der Waals surface area (Å²) in [6.07, 6.45) is 4.81. The molecule has 0 aromatic rings. The first kappa shape index (κ1) is 15.9. The smallest absolute Gasteiger partial charge is 0.410 e. The van der Waals surface area contributed by atoms with E-state index in [1.807, 2.05) is 25.7 Å². The highest BCUT2D eigenvalue weighted by atomic mass is 16.6. The Balaban J connectivity index is 2.02. The van der Waals surface area contributed by atoms with Crippen molar-refractivity contribution in [3.05, 3.63) is 11.6 Å². The number of nitrogens with zero attached hydrogens (tertiary/aromatic N) is 1. The number of esters is 1. The predicted octanol–water partition coefficient (Wildman–Crippen LogP) is 3.04. The average molecular weight is 295 g/mol. The van der Waals surface area contributed by atoms with Gasteiger partial charge in [0.05, 0.1) is 6.61 Å². The van der Waals surface area contributed by atoms with Gasteiger partial charge in [-0.2, -0.15) is 0 Å². The maximum absolute atomic E-state index is 12.3. The molecule has 5 nitrogen and oxygen atoms in total. The standard InChI is InChI=1S/C16H25NO4/c1-5-20-14(18)10-11-8-12-6-7-13(9-11)17(12)15(19)21-16(2,3)4/h10,12-13H,5-9H2,1-4H3/b11-10-/t12-,13?/m0/s1. The first-order valence-electron chi connectivity index (χ1n) is 7.67. The van der Waals surface area contributed by atoms with Gasteiger partial charge >= 0.3 is 12.1 Å². The molecule has 2 fully saturated rings. The molecule has 2 aliphatic rings. The van der Waals surface area contributed by atoms with Gasteiger partial charge in [-0.25, -0.2) is 9.59 Å². The fourth-order valence-electron chi connectivity index (χ4n) is 3.13. The van der Waals surface area contributed by atoms with Crippen molar-refractivity contribution in [3.63, 3.8) is 0 Å². The largest absolute Gasteiger partial charge is 0.463 e. The SMILES string of the molecule is CCOC(=O)/C=C1\CC2CC[C@@H](C1)N2C(=O)OC(C)(C)C. The first-order valence-corrected chi connectivity index (χ1v) is 7.67. The van der Waals surface area contributed by atoms with Gasteiger partial charge in [-0.3, -0.25) is 0 Å². The molecule has 0 aliphatic carbocycles. The van der Waals surface area contributed by atoms with Crippen molar-refractivity contribution in [2.45, 2.75) is 71.1 Å². The molecule has 118 valence electrons. The van der Waals surface area contributed by atoms with Crippen LogP contribution in [0.3, 0.4) is 0 Å². The lowest BCUT2D eigenvalue weighted by Gasteiger charge is -2.37. The molecule has 2 bridgehead atoms. The van der Waals surface area contributed by atoms with Gasteiger partial charge in [-0.15, -0.1) is 0 Å². The molecular formula is C16H25NO4. The zero-order valence-corrected chi connectivity index (χ0v) is 13.3. The van der Waals surface area contributed by atoms with Crippen LogP contribution >= 0.6 is 0 Å². The zero-order valence-electron chi connectivity index (χ0n) is 13.3. The maximum atomic E-state index is 12.3. The lowest BCUT2D eigenvalue weighted by Crippen LogP contribution is -2.47. The molecule has 21 heavy (non-hydrogen) atoms. The molecule has 1 unspecified atom stereocenters. The van der Waals surface area contributed by atoms with Gasteiger partial charge in [0.2, 0.25) is 0 Å². The third-order valence-corrected chi connectivity index (χ3v) is 3.83. The van der Waals surface area contributed by atoms with Crippen molar-refractivity contribution in [1.82, 2.24) is 4.90 Å². The van der Waals surface area contributed by atoms with E-state index in [4.69, 9.17) is 9.47 Å². The molecule has 2 saturated heterocycles. The Morgan fingerprint density at radius 2 is 1.81 bits per heavy atom. The predicted molar refractivity (Wildman–Crippen MR) is 78.8 cm³/mol. The zero-order chi connectivity index (χ0) is 15.6. The van der Waals surface area contributed by atoms with Crippen LogP contribution in [0.1, 0.15) is 53.4 Å². The second kappa shape index (κ2) is 6.08. The second-order valence-electron chi connectivity index (χ2n) is 6.74. The highest BCUT2D eigenvalue weighted by Crippen LogP contribution is 2.39. The third kappa shape index (κ3) is 3.99. The number of hydrogen-bond donors (Lipinski definition) is 0. The van der Waals surface area contributed by atoms with Crippen LogP contribution in [0.5, 0.6) is 0 Å². The van der Waals surface area contributed by atoms with E-state index in [1.54, 1.807) is 13.0 Å². The molecule has 5 heteroatoms. The minimum absolute atomic E-state index is 0.152.